The van der Waals surface area contributed by atoms with Gasteiger partial charge in [0.05, 0.1) is 12.0 Å². The number of ether oxygens (including phenoxy) is 1. The molecular weight excluding hydrogens is 356 g/mol. The number of nitrogens with zero attached hydrogens (tertiary/aromatic N) is 2. The maximum Gasteiger partial charge on any atom is 0.228 e. The number of hydrogen-bond donors (Lipinski definition) is 2. The van der Waals surface area contributed by atoms with Crippen LogP contribution in [0.2, 0.25) is 0 Å². The van der Waals surface area contributed by atoms with Gasteiger partial charge in [0, 0.05) is 51.9 Å². The van der Waals surface area contributed by atoms with Gasteiger partial charge in [0.1, 0.15) is 0 Å². The lowest BCUT2D eigenvalue weighted by atomic mass is 9.78. The Morgan fingerprint density at radius 2 is 1.79 bits per heavy atom. The third-order valence-electron chi connectivity index (χ3n) is 5.84. The van der Waals surface area contributed by atoms with Gasteiger partial charge in [-0.3, -0.25) is 9.59 Å². The van der Waals surface area contributed by atoms with Crippen LogP contribution in [0.4, 0.5) is 5.69 Å². The van der Waals surface area contributed by atoms with E-state index in [4.69, 9.17) is 4.74 Å². The normalized spacial score (nSPS) is 19.3. The third kappa shape index (κ3) is 5.02. The lowest BCUT2D eigenvalue weighted by molar-refractivity contribution is -0.136. The predicted molar refractivity (Wildman–Crippen MR) is 109 cm³/mol. The molecule has 2 fully saturated rings. The maximum absolute atomic E-state index is 12.7. The molecule has 2 aliphatic heterocycles. The van der Waals surface area contributed by atoms with Gasteiger partial charge in [0.15, 0.2) is 0 Å². The monoisotopic (exact) mass is 388 g/mol. The Morgan fingerprint density at radius 3 is 2.43 bits per heavy atom. The number of anilines is 1. The van der Waals surface area contributed by atoms with E-state index in [9.17, 15) is 9.59 Å². The van der Waals surface area contributed by atoms with Gasteiger partial charge in [-0.1, -0.05) is 18.2 Å². The molecule has 0 saturated carbocycles. The Kier molecular flexibility index (Phi) is 7.28. The van der Waals surface area contributed by atoms with Gasteiger partial charge in [-0.2, -0.15) is 0 Å². The first-order valence-corrected chi connectivity index (χ1v) is 10.2. The van der Waals surface area contributed by atoms with Crippen LogP contribution in [0.15, 0.2) is 30.3 Å². The van der Waals surface area contributed by atoms with Crippen molar-refractivity contribution in [3.05, 3.63) is 30.3 Å². The average molecular weight is 389 g/mol. The van der Waals surface area contributed by atoms with Crippen molar-refractivity contribution < 1.29 is 14.3 Å². The van der Waals surface area contributed by atoms with Crippen LogP contribution in [-0.2, 0) is 14.3 Å². The molecule has 154 valence electrons. The molecular formula is C21H32N4O3. The molecule has 28 heavy (non-hydrogen) atoms. The molecule has 7 heteroatoms. The summed E-state index contributed by atoms with van der Waals surface area (Å²) >= 11 is 0. The largest absolute Gasteiger partial charge is 0.384 e. The zero-order chi connectivity index (χ0) is 19.8. The van der Waals surface area contributed by atoms with Gasteiger partial charge in [-0.25, -0.2) is 0 Å². The highest BCUT2D eigenvalue weighted by atomic mass is 16.5. The number of hydrogen-bond acceptors (Lipinski definition) is 5. The number of piperazine rings is 1. The van der Waals surface area contributed by atoms with E-state index >= 15 is 0 Å². The quantitative estimate of drug-likeness (QED) is 0.725. The minimum Gasteiger partial charge on any atom is -0.384 e. The molecule has 2 heterocycles. The predicted octanol–water partition coefficient (Wildman–Crippen LogP) is 0.858. The molecule has 1 aromatic rings. The molecule has 0 radical (unpaired) electrons. The van der Waals surface area contributed by atoms with Crippen LogP contribution in [0.5, 0.6) is 0 Å². The van der Waals surface area contributed by atoms with Crippen LogP contribution in [0, 0.1) is 5.41 Å². The molecule has 3 rings (SSSR count). The van der Waals surface area contributed by atoms with E-state index in [1.54, 1.807) is 7.11 Å². The molecule has 2 N–H and O–H groups in total. The molecule has 7 nitrogen and oxygen atoms in total. The number of para-hydroxylation sites is 1. The van der Waals surface area contributed by atoms with Crippen LogP contribution in [-0.4, -0.2) is 76.2 Å². The topological polar surface area (TPSA) is 73.9 Å². The second-order valence-electron chi connectivity index (χ2n) is 7.67. The van der Waals surface area contributed by atoms with Gasteiger partial charge in [0.25, 0.3) is 0 Å². The summed E-state index contributed by atoms with van der Waals surface area (Å²) in [7, 11) is 1.63. The number of rotatable bonds is 7. The number of methoxy groups -OCH3 is 1. The Bertz CT molecular complexity index is 633. The highest BCUT2D eigenvalue weighted by molar-refractivity contribution is 5.84. The van der Waals surface area contributed by atoms with Crippen LogP contribution in [0.1, 0.15) is 19.3 Å². The summed E-state index contributed by atoms with van der Waals surface area (Å²) in [5, 5.41) is 6.26. The van der Waals surface area contributed by atoms with Crippen molar-refractivity contribution in [3.63, 3.8) is 0 Å². The smallest absolute Gasteiger partial charge is 0.228 e. The molecule has 1 aromatic carbocycles. The van der Waals surface area contributed by atoms with E-state index in [1.807, 2.05) is 23.1 Å². The summed E-state index contributed by atoms with van der Waals surface area (Å²) in [5.41, 5.74) is 0.733. The standard InChI is InChI=1S/C21H32N4O3/c1-28-17-21(8-11-22-12-9-21)20(27)23-10-7-19(26)25-15-13-24(14-16-25)18-5-3-2-4-6-18/h2-6,22H,7-17H2,1H3,(H,23,27). The Morgan fingerprint density at radius 1 is 1.11 bits per heavy atom. The van der Waals surface area contributed by atoms with Gasteiger partial charge in [0.2, 0.25) is 11.8 Å². The Labute approximate surface area is 167 Å². The molecule has 2 saturated heterocycles. The first kappa shape index (κ1) is 20.6. The van der Waals surface area contributed by atoms with E-state index in [2.05, 4.69) is 27.7 Å². The van der Waals surface area contributed by atoms with E-state index in [0.717, 1.165) is 52.1 Å². The summed E-state index contributed by atoms with van der Waals surface area (Å²) in [5.74, 6) is 0.122. The van der Waals surface area contributed by atoms with Gasteiger partial charge in [-0.05, 0) is 38.1 Å². The minimum absolute atomic E-state index is 0.0116. The highest BCUT2D eigenvalue weighted by Crippen LogP contribution is 2.29. The summed E-state index contributed by atoms with van der Waals surface area (Å²) in [6.07, 6.45) is 1.88. The average Bonchev–Trinajstić information content (AvgIpc) is 2.75. The van der Waals surface area contributed by atoms with Crippen molar-refractivity contribution in [2.75, 3.05) is 64.4 Å². The van der Waals surface area contributed by atoms with Crippen molar-refractivity contribution in [2.24, 2.45) is 5.41 Å². The second-order valence-corrected chi connectivity index (χ2v) is 7.67. The molecule has 2 amide bonds. The number of nitrogens with one attached hydrogen (secondary N) is 2. The number of benzene rings is 1. The molecule has 0 unspecified atom stereocenters. The van der Waals surface area contributed by atoms with Crippen molar-refractivity contribution in [1.82, 2.24) is 15.5 Å². The summed E-state index contributed by atoms with van der Waals surface area (Å²) in [4.78, 5) is 29.4. The lowest BCUT2D eigenvalue weighted by Gasteiger charge is -2.36. The van der Waals surface area contributed by atoms with Crippen LogP contribution >= 0.6 is 0 Å². The van der Waals surface area contributed by atoms with Gasteiger partial charge in [-0.15, -0.1) is 0 Å². The zero-order valence-corrected chi connectivity index (χ0v) is 16.8. The van der Waals surface area contributed by atoms with E-state index in [1.165, 1.54) is 5.69 Å². The maximum atomic E-state index is 12.7. The fraction of sp³-hybridized carbons (Fsp3) is 0.619. The van der Waals surface area contributed by atoms with Crippen LogP contribution < -0.4 is 15.5 Å². The minimum atomic E-state index is -0.468. The molecule has 0 spiro atoms. The molecule has 2 aliphatic rings. The number of carbonyl (C=O) groups is 2. The summed E-state index contributed by atoms with van der Waals surface area (Å²) in [6.45, 7) is 5.58. The fourth-order valence-electron chi connectivity index (χ4n) is 4.10. The molecule has 0 aliphatic carbocycles. The summed E-state index contributed by atoms with van der Waals surface area (Å²) < 4.78 is 5.31. The SMILES string of the molecule is COCC1(C(=O)NCCC(=O)N2CCN(c3ccccc3)CC2)CCNCC1. The van der Waals surface area contributed by atoms with E-state index < -0.39 is 5.41 Å². The first-order chi connectivity index (χ1) is 13.6. The van der Waals surface area contributed by atoms with Crippen LogP contribution in [0.3, 0.4) is 0 Å². The second kappa shape index (κ2) is 9.89. The van der Waals surface area contributed by atoms with E-state index in [-0.39, 0.29) is 11.8 Å². The van der Waals surface area contributed by atoms with Gasteiger partial charge >= 0.3 is 0 Å². The number of piperidine rings is 1. The Hall–Kier alpha value is -2.12. The van der Waals surface area contributed by atoms with E-state index in [0.29, 0.717) is 19.6 Å². The summed E-state index contributed by atoms with van der Waals surface area (Å²) in [6, 6.07) is 10.3. The fourth-order valence-corrected chi connectivity index (χ4v) is 4.10. The van der Waals surface area contributed by atoms with Crippen molar-refractivity contribution in [2.45, 2.75) is 19.3 Å². The van der Waals surface area contributed by atoms with Crippen molar-refractivity contribution >= 4 is 17.5 Å². The zero-order valence-electron chi connectivity index (χ0n) is 16.8. The van der Waals surface area contributed by atoms with Crippen molar-refractivity contribution in [3.8, 4) is 0 Å². The van der Waals surface area contributed by atoms with Crippen molar-refractivity contribution in [1.29, 1.82) is 0 Å². The Balaban J connectivity index is 1.41. The third-order valence-corrected chi connectivity index (χ3v) is 5.84. The number of amides is 2. The van der Waals surface area contributed by atoms with Crippen LogP contribution in [0.25, 0.3) is 0 Å². The highest BCUT2D eigenvalue weighted by Gasteiger charge is 2.39. The first-order valence-electron chi connectivity index (χ1n) is 10.2. The molecule has 0 bridgehead atoms. The molecule has 0 aromatic heterocycles. The number of carbonyl (C=O) groups excluding carboxylic acids is 2. The van der Waals surface area contributed by atoms with Gasteiger partial charge < -0.3 is 25.2 Å². The lowest BCUT2D eigenvalue weighted by Crippen LogP contribution is -2.51. The molecule has 0 atom stereocenters.